The van der Waals surface area contributed by atoms with E-state index in [-0.39, 0.29) is 11.4 Å². The first-order valence-corrected chi connectivity index (χ1v) is 2.85. The summed E-state index contributed by atoms with van der Waals surface area (Å²) in [5.74, 6) is -1.53. The smallest absolute Gasteiger partial charge is 0.358 e. The topological polar surface area (TPSA) is 90.7 Å². The number of carboxylic acids is 1. The zero-order chi connectivity index (χ0) is 9.56. The molecule has 0 spiro atoms. The van der Waals surface area contributed by atoms with Gasteiger partial charge in [0.1, 0.15) is 5.75 Å². The van der Waals surface area contributed by atoms with Gasteiger partial charge in [0.25, 0.3) is 8.05 Å². The molecule has 0 aliphatic rings. The highest BCUT2D eigenvalue weighted by Crippen LogP contribution is 2.11. The second-order valence-corrected chi connectivity index (χ2v) is 1.68. The minimum absolute atomic E-state index is 0.310. The fourth-order valence-corrected chi connectivity index (χ4v) is 0.562. The summed E-state index contributed by atoms with van der Waals surface area (Å²) in [7, 11) is 3.50. The largest absolute Gasteiger partial charge is 0.505 e. The third-order valence-electron chi connectivity index (χ3n) is 0.989. The van der Waals surface area contributed by atoms with Gasteiger partial charge in [-0.1, -0.05) is 0 Å². The second-order valence-electron chi connectivity index (χ2n) is 1.68. The Morgan fingerprint density at radius 3 is 2.42 bits per heavy atom. The van der Waals surface area contributed by atoms with Crippen molar-refractivity contribution in [3.63, 3.8) is 0 Å². The number of pyridine rings is 1. The van der Waals surface area contributed by atoms with Gasteiger partial charge in [-0.15, -0.1) is 0 Å². The van der Waals surface area contributed by atoms with E-state index in [0.29, 0.717) is 0 Å². The van der Waals surface area contributed by atoms with Crippen molar-refractivity contribution in [1.82, 2.24) is 4.98 Å². The number of carboxylic acid groups (broad SMARTS) is 1. The van der Waals surface area contributed by atoms with Crippen LogP contribution in [-0.2, 0) is 0 Å². The molecule has 1 aromatic rings. The number of aromatic carboxylic acids is 1. The molecule has 0 atom stereocenters. The maximum atomic E-state index is 10.2. The number of aromatic hydroxyl groups is 1. The van der Waals surface area contributed by atoms with Gasteiger partial charge in [0.05, 0.1) is 0 Å². The van der Waals surface area contributed by atoms with E-state index in [4.69, 9.17) is 15.2 Å². The molecule has 0 fully saturated rings. The highest BCUT2D eigenvalue weighted by atomic mass is 16.4. The van der Waals surface area contributed by atoms with E-state index in [1.165, 1.54) is 18.3 Å². The summed E-state index contributed by atoms with van der Waals surface area (Å²) < 4.78 is 0. The Bertz CT molecular complexity index is 265. The van der Waals surface area contributed by atoms with Crippen LogP contribution in [0.3, 0.4) is 0 Å². The van der Waals surface area contributed by atoms with E-state index in [1.54, 1.807) is 0 Å². The molecule has 5 nitrogen and oxygen atoms in total. The Labute approximate surface area is 69.8 Å². The molecular weight excluding hydrogens is 161 g/mol. The second kappa shape index (κ2) is 5.14. The maximum absolute atomic E-state index is 10.2. The van der Waals surface area contributed by atoms with E-state index in [9.17, 15) is 4.79 Å². The summed E-state index contributed by atoms with van der Waals surface area (Å²) in [6.45, 7) is 0. The Balaban J connectivity index is 0.000000561. The Morgan fingerprint density at radius 2 is 2.08 bits per heavy atom. The number of rotatable bonds is 1. The zero-order valence-electron chi connectivity index (χ0n) is 6.01. The van der Waals surface area contributed by atoms with Crippen molar-refractivity contribution >= 4 is 14.0 Å². The molecule has 0 aliphatic heterocycles. The first-order valence-electron chi connectivity index (χ1n) is 2.85. The van der Waals surface area contributed by atoms with Gasteiger partial charge >= 0.3 is 5.97 Å². The number of hydrogen-bond acceptors (Lipinski definition) is 4. The normalized spacial score (nSPS) is 8.08. The lowest BCUT2D eigenvalue weighted by Crippen LogP contribution is -1.99. The van der Waals surface area contributed by atoms with Crippen LogP contribution in [0, 0.1) is 0 Å². The average molecular weight is 167 g/mol. The Morgan fingerprint density at radius 1 is 1.50 bits per heavy atom. The molecule has 0 aromatic carbocycles. The lowest BCUT2D eigenvalue weighted by molar-refractivity contribution is 0.0687. The molecule has 3 N–H and O–H groups in total. The third-order valence-corrected chi connectivity index (χ3v) is 0.989. The molecule has 0 bridgehead atoms. The lowest BCUT2D eigenvalue weighted by Gasteiger charge is -1.93. The average Bonchev–Trinajstić information content (AvgIpc) is 2.08. The molecule has 6 heteroatoms. The van der Waals surface area contributed by atoms with E-state index in [1.807, 2.05) is 0 Å². The van der Waals surface area contributed by atoms with Crippen molar-refractivity contribution in [3.05, 3.63) is 24.0 Å². The van der Waals surface area contributed by atoms with Crippen LogP contribution in [0.2, 0.25) is 0 Å². The van der Waals surface area contributed by atoms with Crippen LogP contribution < -0.4 is 0 Å². The Kier molecular flexibility index (Phi) is 4.48. The van der Waals surface area contributed by atoms with Crippen LogP contribution in [0.15, 0.2) is 18.3 Å². The van der Waals surface area contributed by atoms with Crippen LogP contribution in [0.5, 0.6) is 5.75 Å². The van der Waals surface area contributed by atoms with Gasteiger partial charge in [-0.25, -0.2) is 9.78 Å². The standard InChI is InChI=1S/C6H5NO3.BHO/c8-4-2-1-3-7-5(4)6(9)10;1-2/h1-3,8H,(H,9,10);2H. The first kappa shape index (κ1) is 10.4. The van der Waals surface area contributed by atoms with Crippen LogP contribution in [0.25, 0.3) is 0 Å². The van der Waals surface area contributed by atoms with Gasteiger partial charge < -0.3 is 15.2 Å². The van der Waals surface area contributed by atoms with Crippen molar-refractivity contribution in [3.8, 4) is 5.75 Å². The van der Waals surface area contributed by atoms with Crippen molar-refractivity contribution < 1.29 is 20.0 Å². The number of hydrogen-bond donors (Lipinski definition) is 3. The quantitative estimate of drug-likeness (QED) is 0.492. The van der Waals surface area contributed by atoms with E-state index < -0.39 is 5.97 Å². The molecule has 0 amide bonds. The molecule has 12 heavy (non-hydrogen) atoms. The van der Waals surface area contributed by atoms with Crippen LogP contribution >= 0.6 is 0 Å². The van der Waals surface area contributed by atoms with Crippen molar-refractivity contribution in [2.45, 2.75) is 0 Å². The SMILES string of the molecule is O=C(O)c1ncccc1O.[B]O. The minimum atomic E-state index is -1.22. The molecule has 2 radical (unpaired) electrons. The molecule has 0 aliphatic carbocycles. The summed E-state index contributed by atoms with van der Waals surface area (Å²) in [4.78, 5) is 13.6. The number of aromatic nitrogens is 1. The minimum Gasteiger partial charge on any atom is -0.505 e. The van der Waals surface area contributed by atoms with Gasteiger partial charge in [0, 0.05) is 6.20 Å². The zero-order valence-corrected chi connectivity index (χ0v) is 6.01. The fourth-order valence-electron chi connectivity index (χ4n) is 0.562. The summed E-state index contributed by atoms with van der Waals surface area (Å²) in [6.07, 6.45) is 1.31. The Hall–Kier alpha value is -1.56. The van der Waals surface area contributed by atoms with Gasteiger partial charge in [0.15, 0.2) is 5.69 Å². The third kappa shape index (κ3) is 2.59. The van der Waals surface area contributed by atoms with E-state index >= 15 is 0 Å². The predicted molar refractivity (Wildman–Crippen MR) is 40.8 cm³/mol. The van der Waals surface area contributed by atoms with Crippen molar-refractivity contribution in [2.24, 2.45) is 0 Å². The van der Waals surface area contributed by atoms with E-state index in [0.717, 1.165) is 0 Å². The summed E-state index contributed by atoms with van der Waals surface area (Å²) in [6, 6.07) is 2.73. The van der Waals surface area contributed by atoms with Gasteiger partial charge in [-0.05, 0) is 12.1 Å². The molecule has 1 heterocycles. The molecule has 0 unspecified atom stereocenters. The fraction of sp³-hybridized carbons (Fsp3) is 0. The van der Waals surface area contributed by atoms with Crippen LogP contribution in [0.1, 0.15) is 10.5 Å². The molecular formula is C6H6BNO4. The van der Waals surface area contributed by atoms with E-state index in [2.05, 4.69) is 13.0 Å². The highest BCUT2D eigenvalue weighted by Gasteiger charge is 2.08. The highest BCUT2D eigenvalue weighted by molar-refractivity contribution is 5.95. The maximum Gasteiger partial charge on any atom is 0.358 e. The number of carbonyl (C=O) groups is 1. The predicted octanol–water partition coefficient (Wildman–Crippen LogP) is -0.452. The van der Waals surface area contributed by atoms with Gasteiger partial charge in [-0.2, -0.15) is 0 Å². The van der Waals surface area contributed by atoms with Crippen molar-refractivity contribution in [1.29, 1.82) is 0 Å². The molecule has 1 rings (SSSR count). The van der Waals surface area contributed by atoms with Gasteiger partial charge in [0.2, 0.25) is 0 Å². The van der Waals surface area contributed by atoms with Crippen LogP contribution in [0.4, 0.5) is 0 Å². The summed E-state index contributed by atoms with van der Waals surface area (Å²) in [5.41, 5.74) is -0.317. The monoisotopic (exact) mass is 167 g/mol. The molecule has 62 valence electrons. The van der Waals surface area contributed by atoms with Gasteiger partial charge in [-0.3, -0.25) is 0 Å². The first-order chi connectivity index (χ1) is 5.72. The molecule has 1 aromatic heterocycles. The summed E-state index contributed by atoms with van der Waals surface area (Å²) in [5, 5.41) is 23.7. The van der Waals surface area contributed by atoms with Crippen molar-refractivity contribution in [2.75, 3.05) is 0 Å². The van der Waals surface area contributed by atoms with Crippen LogP contribution in [-0.4, -0.2) is 34.2 Å². The summed E-state index contributed by atoms with van der Waals surface area (Å²) >= 11 is 0. The molecule has 0 saturated heterocycles. The molecule has 0 saturated carbocycles. The number of nitrogens with zero attached hydrogens (tertiary/aromatic N) is 1. The lowest BCUT2D eigenvalue weighted by atomic mass is 10.3.